The summed E-state index contributed by atoms with van der Waals surface area (Å²) in [6.07, 6.45) is 3.64. The van der Waals surface area contributed by atoms with Crippen LogP contribution in [0.15, 0.2) is 54.9 Å². The second-order valence-corrected chi connectivity index (χ2v) is 8.50. The number of pyridine rings is 2. The van der Waals surface area contributed by atoms with Gasteiger partial charge in [-0.05, 0) is 49.7 Å². The van der Waals surface area contributed by atoms with E-state index in [1.807, 2.05) is 42.5 Å². The number of aromatic nitrogens is 3. The molecule has 30 heavy (non-hydrogen) atoms. The highest BCUT2D eigenvalue weighted by Gasteiger charge is 2.11. The van der Waals surface area contributed by atoms with Gasteiger partial charge in [0.1, 0.15) is 0 Å². The van der Waals surface area contributed by atoms with Crippen molar-refractivity contribution in [2.24, 2.45) is 0 Å². The Balaban J connectivity index is 1.55. The van der Waals surface area contributed by atoms with E-state index in [1.165, 1.54) is 11.3 Å². The lowest BCUT2D eigenvalue weighted by Crippen LogP contribution is -2.14. The van der Waals surface area contributed by atoms with Crippen molar-refractivity contribution in [3.63, 3.8) is 0 Å². The van der Waals surface area contributed by atoms with Gasteiger partial charge in [-0.15, -0.1) is 0 Å². The van der Waals surface area contributed by atoms with E-state index in [2.05, 4.69) is 39.4 Å². The Labute approximate surface area is 183 Å². The molecule has 0 bridgehead atoms. The molecule has 0 radical (unpaired) electrons. The molecule has 4 rings (SSSR count). The van der Waals surface area contributed by atoms with Crippen LogP contribution < -0.4 is 10.6 Å². The minimum atomic E-state index is -0.140. The number of carbonyl (C=O) groups is 1. The Kier molecular flexibility index (Phi) is 5.92. The summed E-state index contributed by atoms with van der Waals surface area (Å²) >= 11 is 7.64. The second-order valence-electron chi connectivity index (χ2n) is 7.11. The lowest BCUT2D eigenvalue weighted by atomic mass is 10.1. The van der Waals surface area contributed by atoms with Crippen LogP contribution in [0.4, 0.5) is 10.8 Å². The summed E-state index contributed by atoms with van der Waals surface area (Å²) in [6, 6.07) is 13.7. The molecular formula is C22H20ClN5OS. The molecule has 1 amide bonds. The number of carbonyl (C=O) groups excluding carboxylic acids is 1. The van der Waals surface area contributed by atoms with Crippen molar-refractivity contribution in [3.05, 3.63) is 65.7 Å². The molecule has 0 aliphatic carbocycles. The molecule has 0 saturated carbocycles. The number of anilines is 2. The Morgan fingerprint density at radius 1 is 1.13 bits per heavy atom. The van der Waals surface area contributed by atoms with E-state index < -0.39 is 0 Å². The molecule has 3 heterocycles. The molecule has 0 fully saturated rings. The summed E-state index contributed by atoms with van der Waals surface area (Å²) < 4.78 is 0.981. The maximum absolute atomic E-state index is 12.3. The van der Waals surface area contributed by atoms with Crippen LogP contribution in [0.3, 0.4) is 0 Å². The zero-order valence-electron chi connectivity index (χ0n) is 16.5. The average Bonchev–Trinajstić information content (AvgIpc) is 3.11. The number of nitrogens with one attached hydrogen (secondary N) is 2. The van der Waals surface area contributed by atoms with Crippen molar-refractivity contribution in [3.8, 4) is 11.1 Å². The molecule has 1 aromatic carbocycles. The quantitative estimate of drug-likeness (QED) is 0.394. The monoisotopic (exact) mass is 437 g/mol. The predicted molar refractivity (Wildman–Crippen MR) is 123 cm³/mol. The Bertz CT molecular complexity index is 1190. The number of hydrogen-bond acceptors (Lipinski definition) is 6. The van der Waals surface area contributed by atoms with E-state index in [4.69, 9.17) is 11.6 Å². The van der Waals surface area contributed by atoms with E-state index in [9.17, 15) is 4.79 Å². The van der Waals surface area contributed by atoms with Gasteiger partial charge in [-0.1, -0.05) is 35.1 Å². The van der Waals surface area contributed by atoms with Crippen LogP contribution in [0.2, 0.25) is 5.15 Å². The fourth-order valence-electron chi connectivity index (χ4n) is 3.01. The zero-order valence-corrected chi connectivity index (χ0v) is 18.1. The maximum Gasteiger partial charge on any atom is 0.232 e. The van der Waals surface area contributed by atoms with E-state index in [0.717, 1.165) is 32.7 Å². The van der Waals surface area contributed by atoms with Crippen molar-refractivity contribution in [1.82, 2.24) is 15.0 Å². The number of hydrogen-bond donors (Lipinski definition) is 2. The van der Waals surface area contributed by atoms with E-state index in [0.29, 0.717) is 10.3 Å². The highest BCUT2D eigenvalue weighted by molar-refractivity contribution is 7.22. The van der Waals surface area contributed by atoms with Crippen LogP contribution in [0.1, 0.15) is 19.5 Å². The van der Waals surface area contributed by atoms with Gasteiger partial charge in [0.05, 0.1) is 22.3 Å². The SMILES string of the molecule is CC(C)Nc1cc(-c2ccc3nc(NC(=O)Cc4ccccn4)sc3c2)cnc1Cl. The van der Waals surface area contributed by atoms with Gasteiger partial charge in [0, 0.05) is 29.7 Å². The zero-order chi connectivity index (χ0) is 21.1. The van der Waals surface area contributed by atoms with Gasteiger partial charge in [0.2, 0.25) is 5.91 Å². The number of halogens is 1. The third-order valence-corrected chi connectivity index (χ3v) is 5.55. The number of fused-ring (bicyclic) bond motifs is 1. The van der Waals surface area contributed by atoms with Crippen LogP contribution in [-0.4, -0.2) is 26.9 Å². The Morgan fingerprint density at radius 2 is 2.00 bits per heavy atom. The first-order chi connectivity index (χ1) is 14.5. The number of nitrogens with zero attached hydrogens (tertiary/aromatic N) is 3. The van der Waals surface area contributed by atoms with E-state index in [1.54, 1.807) is 12.4 Å². The normalized spacial score (nSPS) is 11.1. The van der Waals surface area contributed by atoms with Gasteiger partial charge < -0.3 is 10.6 Å². The standard InChI is InChI=1S/C22H20ClN5OS/c1-13(2)26-18-9-15(12-25-21(18)23)14-6-7-17-19(10-14)30-22(27-17)28-20(29)11-16-5-3-4-8-24-16/h3-10,12-13,26H,11H2,1-2H3,(H,27,28,29). The molecule has 4 aromatic rings. The highest BCUT2D eigenvalue weighted by atomic mass is 35.5. The summed E-state index contributed by atoms with van der Waals surface area (Å²) in [5.41, 5.74) is 4.32. The van der Waals surface area contributed by atoms with Gasteiger partial charge >= 0.3 is 0 Å². The first-order valence-electron chi connectivity index (χ1n) is 9.51. The van der Waals surface area contributed by atoms with Gasteiger partial charge in [-0.2, -0.15) is 0 Å². The molecule has 0 spiro atoms. The smallest absolute Gasteiger partial charge is 0.232 e. The second kappa shape index (κ2) is 8.77. The predicted octanol–water partition coefficient (Wildman–Crippen LogP) is 5.41. The minimum Gasteiger partial charge on any atom is -0.380 e. The van der Waals surface area contributed by atoms with Crippen molar-refractivity contribution >= 4 is 49.9 Å². The first kappa shape index (κ1) is 20.3. The summed E-state index contributed by atoms with van der Waals surface area (Å²) in [4.78, 5) is 25.3. The lowest BCUT2D eigenvalue weighted by molar-refractivity contribution is -0.115. The average molecular weight is 438 g/mol. The Hall–Kier alpha value is -3.03. The largest absolute Gasteiger partial charge is 0.380 e. The first-order valence-corrected chi connectivity index (χ1v) is 10.7. The van der Waals surface area contributed by atoms with E-state index >= 15 is 0 Å². The topological polar surface area (TPSA) is 79.8 Å². The molecule has 0 atom stereocenters. The van der Waals surface area contributed by atoms with Crippen LogP contribution in [0.25, 0.3) is 21.3 Å². The molecule has 8 heteroatoms. The molecule has 0 saturated heterocycles. The van der Waals surface area contributed by atoms with Crippen molar-refractivity contribution in [2.75, 3.05) is 10.6 Å². The van der Waals surface area contributed by atoms with Gasteiger partial charge in [-0.3, -0.25) is 9.78 Å². The third kappa shape index (κ3) is 4.75. The summed E-state index contributed by atoms with van der Waals surface area (Å²) in [7, 11) is 0. The molecule has 2 N–H and O–H groups in total. The molecule has 3 aromatic heterocycles. The summed E-state index contributed by atoms with van der Waals surface area (Å²) in [6.45, 7) is 4.10. The number of rotatable bonds is 6. The molecule has 0 aliphatic rings. The summed E-state index contributed by atoms with van der Waals surface area (Å²) in [5.74, 6) is -0.140. The van der Waals surface area contributed by atoms with Crippen LogP contribution in [-0.2, 0) is 11.2 Å². The molecule has 0 unspecified atom stereocenters. The van der Waals surface area contributed by atoms with Crippen LogP contribution in [0, 0.1) is 0 Å². The van der Waals surface area contributed by atoms with Gasteiger partial charge in [0.25, 0.3) is 0 Å². The molecule has 0 aliphatic heterocycles. The molecule has 6 nitrogen and oxygen atoms in total. The van der Waals surface area contributed by atoms with Gasteiger partial charge in [0.15, 0.2) is 10.3 Å². The summed E-state index contributed by atoms with van der Waals surface area (Å²) in [5, 5.41) is 7.19. The third-order valence-electron chi connectivity index (χ3n) is 4.32. The van der Waals surface area contributed by atoms with E-state index in [-0.39, 0.29) is 18.4 Å². The fraction of sp³-hybridized carbons (Fsp3) is 0.182. The maximum atomic E-state index is 12.3. The van der Waals surface area contributed by atoms with Crippen molar-refractivity contribution < 1.29 is 4.79 Å². The number of thiazole rings is 1. The number of benzene rings is 1. The number of amides is 1. The van der Waals surface area contributed by atoms with Crippen LogP contribution >= 0.6 is 22.9 Å². The highest BCUT2D eigenvalue weighted by Crippen LogP contribution is 2.32. The van der Waals surface area contributed by atoms with Gasteiger partial charge in [-0.25, -0.2) is 9.97 Å². The fourth-order valence-corrected chi connectivity index (χ4v) is 4.09. The van der Waals surface area contributed by atoms with Crippen molar-refractivity contribution in [2.45, 2.75) is 26.3 Å². The van der Waals surface area contributed by atoms with Crippen LogP contribution in [0.5, 0.6) is 0 Å². The molecular weight excluding hydrogens is 418 g/mol. The lowest BCUT2D eigenvalue weighted by Gasteiger charge is -2.12. The molecule has 152 valence electrons. The minimum absolute atomic E-state index is 0.140. The Morgan fingerprint density at radius 3 is 2.77 bits per heavy atom. The van der Waals surface area contributed by atoms with Crippen molar-refractivity contribution in [1.29, 1.82) is 0 Å².